The van der Waals surface area contributed by atoms with Gasteiger partial charge in [-0.15, -0.1) is 0 Å². The van der Waals surface area contributed by atoms with E-state index in [2.05, 4.69) is 0 Å². The van der Waals surface area contributed by atoms with Crippen molar-refractivity contribution in [2.24, 2.45) is 5.92 Å². The van der Waals surface area contributed by atoms with Gasteiger partial charge in [-0.05, 0) is 37.9 Å². The van der Waals surface area contributed by atoms with Crippen molar-refractivity contribution in [1.29, 1.82) is 0 Å². The van der Waals surface area contributed by atoms with E-state index in [-0.39, 0.29) is 17.8 Å². The Kier molecular flexibility index (Phi) is 4.28. The molecule has 0 spiro atoms. The third kappa shape index (κ3) is 2.50. The molecule has 4 nitrogen and oxygen atoms in total. The molecule has 3 unspecified atom stereocenters. The van der Waals surface area contributed by atoms with E-state index in [0.29, 0.717) is 17.9 Å². The molecule has 20 heavy (non-hydrogen) atoms. The fourth-order valence-electron chi connectivity index (χ4n) is 3.06. The smallest absolute Gasteiger partial charge is 0.321 e. The number of ether oxygens (including phenoxy) is 1. The molecule has 1 aliphatic rings. The summed E-state index contributed by atoms with van der Waals surface area (Å²) in [5.41, 5.74) is 0.426. The molecule has 2 rings (SSSR count). The number of nitrogens with zero attached hydrogens (tertiary/aromatic N) is 1. The van der Waals surface area contributed by atoms with Gasteiger partial charge in [0.2, 0.25) is 0 Å². The Balaban J connectivity index is 2.36. The normalized spacial score (nSPS) is 24.6. The molecule has 0 radical (unpaired) electrons. The number of rotatable bonds is 4. The average Bonchev–Trinajstić information content (AvgIpc) is 2.79. The molecular formula is C15H20FNO3. The number of methoxy groups -OCH3 is 1. The van der Waals surface area contributed by atoms with E-state index in [1.54, 1.807) is 12.1 Å². The first-order valence-corrected chi connectivity index (χ1v) is 6.78. The minimum Gasteiger partial charge on any atom is -0.496 e. The number of carbonyl (C=O) groups is 1. The van der Waals surface area contributed by atoms with Crippen LogP contribution in [0.2, 0.25) is 0 Å². The van der Waals surface area contributed by atoms with E-state index in [1.807, 2.05) is 18.7 Å². The minimum absolute atomic E-state index is 0.0627. The van der Waals surface area contributed by atoms with Crippen molar-refractivity contribution in [1.82, 2.24) is 4.90 Å². The first kappa shape index (κ1) is 14.8. The maximum Gasteiger partial charge on any atom is 0.321 e. The topological polar surface area (TPSA) is 49.8 Å². The summed E-state index contributed by atoms with van der Waals surface area (Å²) in [5, 5.41) is 9.38. The van der Waals surface area contributed by atoms with Gasteiger partial charge in [0.05, 0.1) is 7.11 Å². The molecular weight excluding hydrogens is 261 g/mol. The molecule has 1 fully saturated rings. The van der Waals surface area contributed by atoms with E-state index in [1.165, 1.54) is 13.2 Å². The van der Waals surface area contributed by atoms with E-state index in [0.717, 1.165) is 6.42 Å². The van der Waals surface area contributed by atoms with E-state index in [9.17, 15) is 14.3 Å². The van der Waals surface area contributed by atoms with Crippen LogP contribution in [0, 0.1) is 11.7 Å². The van der Waals surface area contributed by atoms with E-state index < -0.39 is 12.0 Å². The number of carboxylic acid groups (broad SMARTS) is 1. The van der Waals surface area contributed by atoms with Crippen LogP contribution < -0.4 is 4.74 Å². The van der Waals surface area contributed by atoms with Crippen molar-refractivity contribution in [2.75, 3.05) is 13.7 Å². The van der Waals surface area contributed by atoms with Gasteiger partial charge in [-0.2, -0.15) is 0 Å². The van der Waals surface area contributed by atoms with Crippen molar-refractivity contribution < 1.29 is 19.0 Å². The monoisotopic (exact) mass is 281 g/mol. The van der Waals surface area contributed by atoms with Crippen LogP contribution in [-0.2, 0) is 4.79 Å². The average molecular weight is 281 g/mol. The van der Waals surface area contributed by atoms with Crippen LogP contribution in [0.25, 0.3) is 0 Å². The molecule has 110 valence electrons. The van der Waals surface area contributed by atoms with Crippen LogP contribution in [0.15, 0.2) is 18.2 Å². The van der Waals surface area contributed by atoms with Crippen LogP contribution in [0.4, 0.5) is 4.39 Å². The Morgan fingerprint density at radius 3 is 2.85 bits per heavy atom. The molecule has 1 N–H and O–H groups in total. The van der Waals surface area contributed by atoms with Crippen LogP contribution in [-0.4, -0.2) is 35.7 Å². The number of likely N-dealkylation sites (tertiary alicyclic amines) is 1. The standard InChI is InChI=1S/C15H20FNO3/c1-9-7-8-17(14(9)15(18)19)10(2)13-11(16)5-4-6-12(13)20-3/h4-6,9-10,14H,7-8H2,1-3H3,(H,18,19). The first-order valence-electron chi connectivity index (χ1n) is 6.78. The van der Waals surface area contributed by atoms with Gasteiger partial charge in [-0.25, -0.2) is 4.39 Å². The Morgan fingerprint density at radius 2 is 2.25 bits per heavy atom. The maximum absolute atomic E-state index is 14.1. The van der Waals surface area contributed by atoms with E-state index in [4.69, 9.17) is 4.74 Å². The molecule has 1 aliphatic heterocycles. The van der Waals surface area contributed by atoms with Crippen molar-refractivity contribution in [2.45, 2.75) is 32.4 Å². The maximum atomic E-state index is 14.1. The van der Waals surface area contributed by atoms with Gasteiger partial charge < -0.3 is 9.84 Å². The molecule has 1 saturated heterocycles. The third-order valence-electron chi connectivity index (χ3n) is 4.14. The largest absolute Gasteiger partial charge is 0.496 e. The number of benzene rings is 1. The molecule has 1 heterocycles. The van der Waals surface area contributed by atoms with Gasteiger partial charge in [0.25, 0.3) is 0 Å². The summed E-state index contributed by atoms with van der Waals surface area (Å²) in [6, 6.07) is 3.76. The highest BCUT2D eigenvalue weighted by atomic mass is 19.1. The zero-order chi connectivity index (χ0) is 14.9. The predicted molar refractivity (Wildman–Crippen MR) is 73.3 cm³/mol. The fourth-order valence-corrected chi connectivity index (χ4v) is 3.06. The molecule has 5 heteroatoms. The second-order valence-corrected chi connectivity index (χ2v) is 5.32. The lowest BCUT2D eigenvalue weighted by Gasteiger charge is -2.30. The lowest BCUT2D eigenvalue weighted by atomic mass is 10.0. The van der Waals surface area contributed by atoms with Gasteiger partial charge in [-0.3, -0.25) is 9.69 Å². The lowest BCUT2D eigenvalue weighted by molar-refractivity contribution is -0.144. The highest BCUT2D eigenvalue weighted by Gasteiger charge is 2.40. The highest BCUT2D eigenvalue weighted by molar-refractivity contribution is 5.74. The molecule has 0 bridgehead atoms. The molecule has 0 saturated carbocycles. The number of halogens is 1. The van der Waals surface area contributed by atoms with Gasteiger partial charge in [0.15, 0.2) is 0 Å². The van der Waals surface area contributed by atoms with Gasteiger partial charge in [-0.1, -0.05) is 13.0 Å². The van der Waals surface area contributed by atoms with Gasteiger partial charge in [0, 0.05) is 11.6 Å². The Hall–Kier alpha value is -1.62. The van der Waals surface area contributed by atoms with Gasteiger partial charge in [0.1, 0.15) is 17.6 Å². The van der Waals surface area contributed by atoms with Gasteiger partial charge >= 0.3 is 5.97 Å². The number of aliphatic carboxylic acids is 1. The summed E-state index contributed by atoms with van der Waals surface area (Å²) in [6.45, 7) is 4.40. The molecule has 3 atom stereocenters. The van der Waals surface area contributed by atoms with Crippen molar-refractivity contribution in [3.05, 3.63) is 29.6 Å². The number of hydrogen-bond donors (Lipinski definition) is 1. The van der Waals surface area contributed by atoms with Crippen LogP contribution in [0.5, 0.6) is 5.75 Å². The van der Waals surface area contributed by atoms with Crippen LogP contribution >= 0.6 is 0 Å². The van der Waals surface area contributed by atoms with Crippen molar-refractivity contribution in [3.8, 4) is 5.75 Å². The SMILES string of the molecule is COc1cccc(F)c1C(C)N1CCC(C)C1C(=O)O. The number of hydrogen-bond acceptors (Lipinski definition) is 3. The zero-order valence-corrected chi connectivity index (χ0v) is 12.0. The third-order valence-corrected chi connectivity index (χ3v) is 4.14. The van der Waals surface area contributed by atoms with Crippen LogP contribution in [0.3, 0.4) is 0 Å². The minimum atomic E-state index is -0.850. The van der Waals surface area contributed by atoms with Crippen LogP contribution in [0.1, 0.15) is 31.9 Å². The van der Waals surface area contributed by atoms with Crippen molar-refractivity contribution in [3.63, 3.8) is 0 Å². The Morgan fingerprint density at radius 1 is 1.55 bits per heavy atom. The summed E-state index contributed by atoms with van der Waals surface area (Å²) in [4.78, 5) is 13.3. The summed E-state index contributed by atoms with van der Waals surface area (Å²) in [7, 11) is 1.49. The summed E-state index contributed by atoms with van der Waals surface area (Å²) >= 11 is 0. The zero-order valence-electron chi connectivity index (χ0n) is 12.0. The molecule has 0 amide bonds. The van der Waals surface area contributed by atoms with E-state index >= 15 is 0 Å². The molecule has 0 aromatic heterocycles. The fraction of sp³-hybridized carbons (Fsp3) is 0.533. The Bertz CT molecular complexity index is 506. The lowest BCUT2D eigenvalue weighted by Crippen LogP contribution is -2.40. The van der Waals surface area contributed by atoms with Crippen molar-refractivity contribution >= 4 is 5.97 Å². The quantitative estimate of drug-likeness (QED) is 0.922. The first-order chi connectivity index (χ1) is 9.47. The number of carboxylic acids is 1. The Labute approximate surface area is 118 Å². The summed E-state index contributed by atoms with van der Waals surface area (Å²) < 4.78 is 19.3. The second-order valence-electron chi connectivity index (χ2n) is 5.32. The predicted octanol–water partition coefficient (Wildman–Crippen LogP) is 2.69. The second kappa shape index (κ2) is 5.79. The molecule has 1 aromatic carbocycles. The molecule has 0 aliphatic carbocycles. The summed E-state index contributed by atoms with van der Waals surface area (Å²) in [6.07, 6.45) is 0.804. The summed E-state index contributed by atoms with van der Waals surface area (Å²) in [5.74, 6) is -0.688. The highest BCUT2D eigenvalue weighted by Crippen LogP contribution is 2.37. The molecule has 1 aromatic rings.